The molecule has 5 nitrogen and oxygen atoms in total. The molecule has 3 rings (SSSR count). The van der Waals surface area contributed by atoms with Gasteiger partial charge in [0.15, 0.2) is 0 Å². The number of aromatic nitrogens is 2. The molecule has 1 N–H and O–H groups in total. The van der Waals surface area contributed by atoms with E-state index in [9.17, 15) is 4.79 Å². The van der Waals surface area contributed by atoms with Crippen LogP contribution in [0.25, 0.3) is 11.0 Å². The van der Waals surface area contributed by atoms with Gasteiger partial charge in [-0.25, -0.2) is 0 Å². The molecule has 0 unspecified atom stereocenters. The number of furan rings is 1. The zero-order valence-electron chi connectivity index (χ0n) is 10.5. The number of carbonyl (C=O) groups is 1. The van der Waals surface area contributed by atoms with Gasteiger partial charge in [-0.1, -0.05) is 27.3 Å². The van der Waals surface area contributed by atoms with E-state index in [-0.39, 0.29) is 12.3 Å². The molecule has 0 aliphatic rings. The predicted molar refractivity (Wildman–Crippen MR) is 80.9 cm³/mol. The summed E-state index contributed by atoms with van der Waals surface area (Å²) in [6, 6.07) is 5.71. The van der Waals surface area contributed by atoms with E-state index in [0.717, 1.165) is 26.0 Å². The normalized spacial score (nSPS) is 10.9. The standard InChI is InChI=1S/C13H10BrN3O2S/c1-7-16-17-13(20-7)15-12(18)4-8-6-19-11-3-2-9(14)5-10(8)11/h2-3,5-6H,4H2,1H3,(H,15,17,18). The molecule has 0 saturated carbocycles. The van der Waals surface area contributed by atoms with E-state index in [4.69, 9.17) is 4.42 Å². The number of halogens is 1. The first-order chi connectivity index (χ1) is 9.61. The molecule has 102 valence electrons. The number of fused-ring (bicyclic) bond motifs is 1. The minimum absolute atomic E-state index is 0.135. The molecule has 20 heavy (non-hydrogen) atoms. The third-order valence-electron chi connectivity index (χ3n) is 2.74. The SMILES string of the molecule is Cc1nnc(NC(=O)Cc2coc3ccc(Br)cc23)s1. The molecule has 0 saturated heterocycles. The van der Waals surface area contributed by atoms with Gasteiger partial charge in [0.25, 0.3) is 0 Å². The minimum atomic E-state index is -0.135. The Morgan fingerprint density at radius 3 is 3.05 bits per heavy atom. The molecule has 3 aromatic rings. The molecule has 2 aromatic heterocycles. The van der Waals surface area contributed by atoms with Crippen molar-refractivity contribution in [3.05, 3.63) is 39.5 Å². The highest BCUT2D eigenvalue weighted by Gasteiger charge is 2.12. The Balaban J connectivity index is 1.79. The van der Waals surface area contributed by atoms with Crippen molar-refractivity contribution in [2.45, 2.75) is 13.3 Å². The monoisotopic (exact) mass is 351 g/mol. The van der Waals surface area contributed by atoms with Crippen LogP contribution in [0.4, 0.5) is 5.13 Å². The predicted octanol–water partition coefficient (Wildman–Crippen LogP) is 3.54. The Kier molecular flexibility index (Phi) is 3.54. The van der Waals surface area contributed by atoms with Crippen LogP contribution in [0, 0.1) is 6.92 Å². The number of benzene rings is 1. The van der Waals surface area contributed by atoms with Crippen LogP contribution in [0.15, 0.2) is 33.4 Å². The van der Waals surface area contributed by atoms with Gasteiger partial charge in [-0.05, 0) is 25.1 Å². The first-order valence-electron chi connectivity index (χ1n) is 5.87. The molecule has 0 fully saturated rings. The summed E-state index contributed by atoms with van der Waals surface area (Å²) in [6.07, 6.45) is 1.85. The van der Waals surface area contributed by atoms with Gasteiger partial charge in [-0.3, -0.25) is 4.79 Å². The third-order valence-corrected chi connectivity index (χ3v) is 3.99. The lowest BCUT2D eigenvalue weighted by Gasteiger charge is -1.99. The van der Waals surface area contributed by atoms with E-state index < -0.39 is 0 Å². The average molecular weight is 352 g/mol. The zero-order valence-corrected chi connectivity index (χ0v) is 12.9. The van der Waals surface area contributed by atoms with Crippen LogP contribution in [-0.4, -0.2) is 16.1 Å². The van der Waals surface area contributed by atoms with E-state index >= 15 is 0 Å². The summed E-state index contributed by atoms with van der Waals surface area (Å²) in [5, 5.41) is 12.7. The molecule has 0 spiro atoms. The van der Waals surface area contributed by atoms with E-state index in [2.05, 4.69) is 31.4 Å². The fourth-order valence-electron chi connectivity index (χ4n) is 1.87. The molecule has 0 aliphatic heterocycles. The van der Waals surface area contributed by atoms with Crippen molar-refractivity contribution >= 4 is 49.3 Å². The van der Waals surface area contributed by atoms with Crippen LogP contribution in [0.5, 0.6) is 0 Å². The number of anilines is 1. The Bertz CT molecular complexity index is 781. The summed E-state index contributed by atoms with van der Waals surface area (Å²) in [4.78, 5) is 12.0. The smallest absolute Gasteiger partial charge is 0.230 e. The second-order valence-electron chi connectivity index (χ2n) is 4.25. The van der Waals surface area contributed by atoms with E-state index in [1.54, 1.807) is 6.26 Å². The molecule has 1 amide bonds. The number of hydrogen-bond acceptors (Lipinski definition) is 5. The van der Waals surface area contributed by atoms with Crippen molar-refractivity contribution in [3.8, 4) is 0 Å². The van der Waals surface area contributed by atoms with Crippen LogP contribution in [0.2, 0.25) is 0 Å². The van der Waals surface area contributed by atoms with E-state index in [0.29, 0.717) is 5.13 Å². The summed E-state index contributed by atoms with van der Waals surface area (Å²) in [6.45, 7) is 1.84. The van der Waals surface area contributed by atoms with Crippen molar-refractivity contribution < 1.29 is 9.21 Å². The Hall–Kier alpha value is -1.73. The number of aryl methyl sites for hydroxylation is 1. The molecule has 0 aliphatic carbocycles. The van der Waals surface area contributed by atoms with Crippen molar-refractivity contribution in [2.24, 2.45) is 0 Å². The molecular weight excluding hydrogens is 342 g/mol. The van der Waals surface area contributed by atoms with Crippen LogP contribution in [0.3, 0.4) is 0 Å². The number of rotatable bonds is 3. The van der Waals surface area contributed by atoms with Gasteiger partial charge in [0, 0.05) is 15.4 Å². The van der Waals surface area contributed by atoms with Crippen molar-refractivity contribution in [1.82, 2.24) is 10.2 Å². The Morgan fingerprint density at radius 1 is 1.45 bits per heavy atom. The minimum Gasteiger partial charge on any atom is -0.464 e. The van der Waals surface area contributed by atoms with Gasteiger partial charge in [-0.2, -0.15) is 0 Å². The molecule has 2 heterocycles. The second-order valence-corrected chi connectivity index (χ2v) is 6.35. The van der Waals surface area contributed by atoms with Gasteiger partial charge >= 0.3 is 0 Å². The zero-order chi connectivity index (χ0) is 14.1. The number of amides is 1. The summed E-state index contributed by atoms with van der Waals surface area (Å²) < 4.78 is 6.38. The van der Waals surface area contributed by atoms with Gasteiger partial charge in [0.05, 0.1) is 12.7 Å². The lowest BCUT2D eigenvalue weighted by molar-refractivity contribution is -0.115. The lowest BCUT2D eigenvalue weighted by Crippen LogP contribution is -2.13. The maximum absolute atomic E-state index is 12.0. The topological polar surface area (TPSA) is 68.0 Å². The maximum atomic E-state index is 12.0. The maximum Gasteiger partial charge on any atom is 0.230 e. The molecule has 7 heteroatoms. The van der Waals surface area contributed by atoms with Crippen molar-refractivity contribution in [1.29, 1.82) is 0 Å². The van der Waals surface area contributed by atoms with Gasteiger partial charge in [-0.15, -0.1) is 10.2 Å². The number of nitrogens with one attached hydrogen (secondary N) is 1. The Morgan fingerprint density at radius 2 is 2.30 bits per heavy atom. The van der Waals surface area contributed by atoms with Crippen LogP contribution in [-0.2, 0) is 11.2 Å². The fourth-order valence-corrected chi connectivity index (χ4v) is 2.84. The highest BCUT2D eigenvalue weighted by Crippen LogP contribution is 2.25. The third kappa shape index (κ3) is 2.73. The number of nitrogens with zero attached hydrogens (tertiary/aromatic N) is 2. The summed E-state index contributed by atoms with van der Waals surface area (Å²) in [5.74, 6) is -0.135. The fraction of sp³-hybridized carbons (Fsp3) is 0.154. The summed E-state index contributed by atoms with van der Waals surface area (Å²) >= 11 is 4.76. The molecule has 0 atom stereocenters. The van der Waals surface area contributed by atoms with E-state index in [1.807, 2.05) is 25.1 Å². The van der Waals surface area contributed by atoms with Crippen LogP contribution in [0.1, 0.15) is 10.6 Å². The molecule has 1 aromatic carbocycles. The van der Waals surface area contributed by atoms with Crippen molar-refractivity contribution in [3.63, 3.8) is 0 Å². The molecular formula is C13H10BrN3O2S. The summed E-state index contributed by atoms with van der Waals surface area (Å²) in [5.41, 5.74) is 1.61. The van der Waals surface area contributed by atoms with Crippen LogP contribution < -0.4 is 5.32 Å². The molecule has 0 bridgehead atoms. The number of hydrogen-bond donors (Lipinski definition) is 1. The summed E-state index contributed by atoms with van der Waals surface area (Å²) in [7, 11) is 0. The lowest BCUT2D eigenvalue weighted by atomic mass is 10.1. The van der Waals surface area contributed by atoms with Gasteiger partial charge in [0.1, 0.15) is 10.6 Å². The van der Waals surface area contributed by atoms with Gasteiger partial charge in [0.2, 0.25) is 11.0 Å². The van der Waals surface area contributed by atoms with Gasteiger partial charge < -0.3 is 9.73 Å². The number of carbonyl (C=O) groups excluding carboxylic acids is 1. The highest BCUT2D eigenvalue weighted by atomic mass is 79.9. The molecule has 0 radical (unpaired) electrons. The first kappa shape index (κ1) is 13.3. The second kappa shape index (κ2) is 5.34. The van der Waals surface area contributed by atoms with Crippen molar-refractivity contribution in [2.75, 3.05) is 5.32 Å². The first-order valence-corrected chi connectivity index (χ1v) is 7.48. The quantitative estimate of drug-likeness (QED) is 0.783. The Labute approximate surface area is 127 Å². The highest BCUT2D eigenvalue weighted by molar-refractivity contribution is 9.10. The largest absolute Gasteiger partial charge is 0.464 e. The van der Waals surface area contributed by atoms with Crippen LogP contribution >= 0.6 is 27.3 Å². The van der Waals surface area contributed by atoms with E-state index in [1.165, 1.54) is 11.3 Å². The average Bonchev–Trinajstić information content (AvgIpc) is 2.97.